The van der Waals surface area contributed by atoms with Crippen LogP contribution in [-0.4, -0.2) is 4.98 Å². The fourth-order valence-electron chi connectivity index (χ4n) is 1.97. The summed E-state index contributed by atoms with van der Waals surface area (Å²) in [6.07, 6.45) is 0. The Hall–Kier alpha value is -2.00. The van der Waals surface area contributed by atoms with Crippen LogP contribution in [0.1, 0.15) is 5.69 Å². The van der Waals surface area contributed by atoms with Gasteiger partial charge in [0, 0.05) is 10.9 Å². The normalized spacial score (nSPS) is 10.8. The molecule has 3 rings (SSSR count). The maximum atomic E-state index is 13.5. The van der Waals surface area contributed by atoms with Crippen molar-refractivity contribution in [3.8, 4) is 5.75 Å². The maximum Gasteiger partial charge on any atom is 0.138 e. The van der Waals surface area contributed by atoms with E-state index in [0.717, 1.165) is 11.2 Å². The summed E-state index contributed by atoms with van der Waals surface area (Å²) in [5.74, 6) is 0.376. The number of rotatable bonds is 3. The molecular formula is C15H11ClFNO. The summed E-state index contributed by atoms with van der Waals surface area (Å²) >= 11 is 6.00. The van der Waals surface area contributed by atoms with Crippen LogP contribution in [0.25, 0.3) is 10.9 Å². The van der Waals surface area contributed by atoms with E-state index in [-0.39, 0.29) is 5.82 Å². The third-order valence-corrected chi connectivity index (χ3v) is 3.20. The van der Waals surface area contributed by atoms with Gasteiger partial charge in [-0.25, -0.2) is 4.39 Å². The fraction of sp³-hybridized carbons (Fsp3) is 0.0667. The number of H-pyrrole nitrogens is 1. The predicted octanol–water partition coefficient (Wildman–Crippen LogP) is 4.54. The molecule has 19 heavy (non-hydrogen) atoms. The Kier molecular flexibility index (Phi) is 3.13. The number of halogens is 2. The highest BCUT2D eigenvalue weighted by molar-refractivity contribution is 6.32. The van der Waals surface area contributed by atoms with E-state index < -0.39 is 0 Å². The summed E-state index contributed by atoms with van der Waals surface area (Å²) < 4.78 is 19.2. The van der Waals surface area contributed by atoms with Crippen LogP contribution >= 0.6 is 11.6 Å². The average Bonchev–Trinajstić information content (AvgIpc) is 2.82. The van der Waals surface area contributed by atoms with Crippen molar-refractivity contribution in [2.45, 2.75) is 6.61 Å². The standard InChI is InChI=1S/C15H11ClFNO/c16-12-4-1-2-7-15(12)19-9-10-8-11-13(17)5-3-6-14(11)18-10/h1-8,18H,9H2. The van der Waals surface area contributed by atoms with E-state index in [9.17, 15) is 4.39 Å². The van der Waals surface area contributed by atoms with E-state index >= 15 is 0 Å². The van der Waals surface area contributed by atoms with Gasteiger partial charge in [0.25, 0.3) is 0 Å². The predicted molar refractivity (Wildman–Crippen MR) is 74.0 cm³/mol. The third kappa shape index (κ3) is 2.42. The molecule has 1 heterocycles. The molecule has 1 aromatic heterocycles. The molecule has 0 unspecified atom stereocenters. The topological polar surface area (TPSA) is 25.0 Å². The first-order chi connectivity index (χ1) is 9.24. The first kappa shape index (κ1) is 12.1. The van der Waals surface area contributed by atoms with Gasteiger partial charge in [0.05, 0.1) is 10.7 Å². The van der Waals surface area contributed by atoms with Crippen LogP contribution in [0, 0.1) is 5.82 Å². The summed E-state index contributed by atoms with van der Waals surface area (Å²) in [6.45, 7) is 0.317. The van der Waals surface area contributed by atoms with Crippen LogP contribution in [0.3, 0.4) is 0 Å². The van der Waals surface area contributed by atoms with E-state index in [2.05, 4.69) is 4.98 Å². The lowest BCUT2D eigenvalue weighted by atomic mass is 10.2. The fourth-order valence-corrected chi connectivity index (χ4v) is 2.16. The number of fused-ring (bicyclic) bond motifs is 1. The molecule has 2 nitrogen and oxygen atoms in total. The molecule has 0 saturated heterocycles. The van der Waals surface area contributed by atoms with Gasteiger partial charge < -0.3 is 9.72 Å². The maximum absolute atomic E-state index is 13.5. The Morgan fingerprint density at radius 2 is 1.95 bits per heavy atom. The summed E-state index contributed by atoms with van der Waals surface area (Å²) in [6, 6.07) is 14.0. The molecule has 3 aromatic rings. The average molecular weight is 276 g/mol. The molecule has 0 aliphatic carbocycles. The van der Waals surface area contributed by atoms with Crippen molar-refractivity contribution in [1.29, 1.82) is 0 Å². The van der Waals surface area contributed by atoms with Crippen molar-refractivity contribution in [2.24, 2.45) is 0 Å². The van der Waals surface area contributed by atoms with Gasteiger partial charge in [0.15, 0.2) is 0 Å². The van der Waals surface area contributed by atoms with Crippen molar-refractivity contribution in [3.63, 3.8) is 0 Å². The molecule has 0 amide bonds. The number of aromatic amines is 1. The van der Waals surface area contributed by atoms with Gasteiger partial charge in [0.1, 0.15) is 18.2 Å². The third-order valence-electron chi connectivity index (χ3n) is 2.89. The van der Waals surface area contributed by atoms with Crippen molar-refractivity contribution >= 4 is 22.5 Å². The first-order valence-electron chi connectivity index (χ1n) is 5.87. The van der Waals surface area contributed by atoms with Gasteiger partial charge in [-0.05, 0) is 30.3 Å². The van der Waals surface area contributed by atoms with Crippen LogP contribution in [0.5, 0.6) is 5.75 Å². The van der Waals surface area contributed by atoms with Crippen LogP contribution < -0.4 is 4.74 Å². The quantitative estimate of drug-likeness (QED) is 0.746. The van der Waals surface area contributed by atoms with E-state index in [1.807, 2.05) is 18.2 Å². The second kappa shape index (κ2) is 4.94. The van der Waals surface area contributed by atoms with E-state index in [1.165, 1.54) is 6.07 Å². The van der Waals surface area contributed by atoms with Gasteiger partial charge in [-0.1, -0.05) is 29.8 Å². The highest BCUT2D eigenvalue weighted by atomic mass is 35.5. The van der Waals surface area contributed by atoms with Gasteiger partial charge in [-0.15, -0.1) is 0 Å². The Labute approximate surface area is 114 Å². The lowest BCUT2D eigenvalue weighted by Crippen LogP contribution is -1.95. The van der Waals surface area contributed by atoms with Crippen LogP contribution in [-0.2, 0) is 6.61 Å². The largest absolute Gasteiger partial charge is 0.486 e. The molecule has 0 radical (unpaired) electrons. The zero-order chi connectivity index (χ0) is 13.2. The minimum Gasteiger partial charge on any atom is -0.486 e. The molecule has 1 N–H and O–H groups in total. The molecule has 0 aliphatic rings. The van der Waals surface area contributed by atoms with Crippen LogP contribution in [0.15, 0.2) is 48.5 Å². The molecule has 0 saturated carbocycles. The molecule has 0 atom stereocenters. The van der Waals surface area contributed by atoms with Gasteiger partial charge in [-0.2, -0.15) is 0 Å². The second-order valence-corrected chi connectivity index (χ2v) is 4.62. The zero-order valence-electron chi connectivity index (χ0n) is 9.99. The lowest BCUT2D eigenvalue weighted by molar-refractivity contribution is 0.302. The SMILES string of the molecule is Fc1cccc2[nH]c(COc3ccccc3Cl)cc12. The number of aromatic nitrogens is 1. The Balaban J connectivity index is 1.83. The lowest BCUT2D eigenvalue weighted by Gasteiger charge is -2.05. The van der Waals surface area contributed by atoms with E-state index in [0.29, 0.717) is 22.8 Å². The zero-order valence-corrected chi connectivity index (χ0v) is 10.7. The van der Waals surface area contributed by atoms with Crippen molar-refractivity contribution < 1.29 is 9.13 Å². The van der Waals surface area contributed by atoms with Gasteiger partial charge in [0.2, 0.25) is 0 Å². The van der Waals surface area contributed by atoms with Crippen LogP contribution in [0.4, 0.5) is 4.39 Å². The summed E-state index contributed by atoms with van der Waals surface area (Å²) in [4.78, 5) is 3.12. The number of benzene rings is 2. The minimum atomic E-state index is -0.238. The van der Waals surface area contributed by atoms with Crippen LogP contribution in [0.2, 0.25) is 5.02 Å². The summed E-state index contributed by atoms with van der Waals surface area (Å²) in [5.41, 5.74) is 1.57. The molecule has 0 aliphatic heterocycles. The highest BCUT2D eigenvalue weighted by Crippen LogP contribution is 2.25. The molecule has 0 fully saturated rings. The molecule has 4 heteroatoms. The van der Waals surface area contributed by atoms with Gasteiger partial charge >= 0.3 is 0 Å². The van der Waals surface area contributed by atoms with Crippen molar-refractivity contribution in [2.75, 3.05) is 0 Å². The van der Waals surface area contributed by atoms with E-state index in [4.69, 9.17) is 16.3 Å². The number of ether oxygens (including phenoxy) is 1. The molecule has 0 bridgehead atoms. The monoisotopic (exact) mass is 275 g/mol. The molecule has 2 aromatic carbocycles. The second-order valence-electron chi connectivity index (χ2n) is 4.21. The summed E-state index contributed by atoms with van der Waals surface area (Å²) in [7, 11) is 0. The first-order valence-corrected chi connectivity index (χ1v) is 6.25. The minimum absolute atomic E-state index is 0.238. The molecule has 0 spiro atoms. The number of para-hydroxylation sites is 1. The number of hydrogen-bond acceptors (Lipinski definition) is 1. The molecular weight excluding hydrogens is 265 g/mol. The Bertz CT molecular complexity index is 723. The Morgan fingerprint density at radius 3 is 2.74 bits per heavy atom. The number of nitrogens with one attached hydrogen (secondary N) is 1. The number of hydrogen-bond donors (Lipinski definition) is 1. The molecule has 96 valence electrons. The van der Waals surface area contributed by atoms with Gasteiger partial charge in [-0.3, -0.25) is 0 Å². The van der Waals surface area contributed by atoms with E-state index in [1.54, 1.807) is 24.3 Å². The Morgan fingerprint density at radius 1 is 1.11 bits per heavy atom. The smallest absolute Gasteiger partial charge is 0.138 e. The van der Waals surface area contributed by atoms with Crippen molar-refractivity contribution in [1.82, 2.24) is 4.98 Å². The summed E-state index contributed by atoms with van der Waals surface area (Å²) in [5, 5.41) is 1.13. The highest BCUT2D eigenvalue weighted by Gasteiger charge is 2.06. The van der Waals surface area contributed by atoms with Crippen molar-refractivity contribution in [3.05, 3.63) is 65.1 Å².